The van der Waals surface area contributed by atoms with Crippen molar-refractivity contribution in [3.05, 3.63) is 22.4 Å². The first-order valence-electron chi connectivity index (χ1n) is 5.82. The van der Waals surface area contributed by atoms with Crippen LogP contribution in [0.2, 0.25) is 0 Å². The van der Waals surface area contributed by atoms with Crippen LogP contribution >= 0.6 is 11.3 Å². The Morgan fingerprint density at radius 3 is 2.94 bits per heavy atom. The van der Waals surface area contributed by atoms with Gasteiger partial charge >= 0.3 is 0 Å². The van der Waals surface area contributed by atoms with E-state index in [4.69, 9.17) is 0 Å². The van der Waals surface area contributed by atoms with Crippen LogP contribution in [0.25, 0.3) is 0 Å². The van der Waals surface area contributed by atoms with Crippen LogP contribution < -0.4 is 10.6 Å². The predicted molar refractivity (Wildman–Crippen MR) is 66.5 cm³/mol. The third-order valence-corrected chi connectivity index (χ3v) is 4.09. The zero-order chi connectivity index (χ0) is 11.4. The molecule has 0 bridgehead atoms. The van der Waals surface area contributed by atoms with Crippen LogP contribution in [0.5, 0.6) is 0 Å². The second kappa shape index (κ2) is 5.46. The van der Waals surface area contributed by atoms with Gasteiger partial charge in [0.25, 0.3) is 0 Å². The summed E-state index contributed by atoms with van der Waals surface area (Å²) in [5, 5.41) is 8.41. The molecule has 1 aliphatic heterocycles. The highest BCUT2D eigenvalue weighted by Crippen LogP contribution is 2.20. The summed E-state index contributed by atoms with van der Waals surface area (Å²) in [4.78, 5) is 13.2. The maximum absolute atomic E-state index is 12.0. The molecule has 1 atom stereocenters. The van der Waals surface area contributed by atoms with Crippen LogP contribution in [0, 0.1) is 5.92 Å². The second-order valence-electron chi connectivity index (χ2n) is 4.27. The van der Waals surface area contributed by atoms with Crippen molar-refractivity contribution in [2.24, 2.45) is 5.92 Å². The molecule has 0 saturated carbocycles. The number of piperidine rings is 1. The summed E-state index contributed by atoms with van der Waals surface area (Å²) in [5.41, 5.74) is 0. The topological polar surface area (TPSA) is 41.1 Å². The minimum Gasteiger partial charge on any atom is -0.349 e. The molecule has 2 rings (SSSR count). The van der Waals surface area contributed by atoms with E-state index in [1.165, 1.54) is 4.88 Å². The van der Waals surface area contributed by atoms with Gasteiger partial charge in [-0.05, 0) is 44.3 Å². The maximum Gasteiger partial charge on any atom is 0.223 e. The molecule has 0 unspecified atom stereocenters. The van der Waals surface area contributed by atoms with Gasteiger partial charge in [0, 0.05) is 10.8 Å². The Balaban J connectivity index is 1.86. The Hall–Kier alpha value is -0.870. The van der Waals surface area contributed by atoms with Crippen molar-refractivity contribution < 1.29 is 4.79 Å². The van der Waals surface area contributed by atoms with Crippen LogP contribution in [0.4, 0.5) is 0 Å². The smallest absolute Gasteiger partial charge is 0.223 e. The summed E-state index contributed by atoms with van der Waals surface area (Å²) in [7, 11) is 0. The summed E-state index contributed by atoms with van der Waals surface area (Å²) in [6, 6.07) is 4.23. The largest absolute Gasteiger partial charge is 0.349 e. The molecule has 2 N–H and O–H groups in total. The normalized spacial score (nSPS) is 19.3. The predicted octanol–water partition coefficient (Wildman–Crippen LogP) is 1.92. The van der Waals surface area contributed by atoms with Crippen molar-refractivity contribution in [1.82, 2.24) is 10.6 Å². The lowest BCUT2D eigenvalue weighted by atomic mass is 9.97. The fourth-order valence-corrected chi connectivity index (χ4v) is 2.76. The molecule has 1 fully saturated rings. The van der Waals surface area contributed by atoms with Crippen molar-refractivity contribution in [1.29, 1.82) is 0 Å². The minimum absolute atomic E-state index is 0.141. The second-order valence-corrected chi connectivity index (χ2v) is 5.25. The highest BCUT2D eigenvalue weighted by Gasteiger charge is 2.22. The Kier molecular flexibility index (Phi) is 3.96. The van der Waals surface area contributed by atoms with Crippen LogP contribution in [-0.4, -0.2) is 19.0 Å². The average molecular weight is 238 g/mol. The fourth-order valence-electron chi connectivity index (χ4n) is 2.02. The molecule has 16 heavy (non-hydrogen) atoms. The van der Waals surface area contributed by atoms with E-state index in [1.807, 2.05) is 18.4 Å². The molecule has 2 heterocycles. The van der Waals surface area contributed by atoms with E-state index in [0.29, 0.717) is 0 Å². The highest BCUT2D eigenvalue weighted by atomic mass is 32.1. The van der Waals surface area contributed by atoms with E-state index in [0.717, 1.165) is 25.9 Å². The molecule has 0 radical (unpaired) electrons. The molecule has 0 spiro atoms. The molecular formula is C12H18N2OS. The SMILES string of the molecule is C[C@H](NC(=O)C1CCNCC1)c1cccs1. The third-order valence-electron chi connectivity index (χ3n) is 3.04. The zero-order valence-electron chi connectivity index (χ0n) is 9.53. The van der Waals surface area contributed by atoms with Crippen LogP contribution in [0.1, 0.15) is 30.7 Å². The number of carbonyl (C=O) groups excluding carboxylic acids is 1. The van der Waals surface area contributed by atoms with Crippen LogP contribution in [0.3, 0.4) is 0 Å². The van der Waals surface area contributed by atoms with Gasteiger partial charge in [-0.2, -0.15) is 0 Å². The number of nitrogens with one attached hydrogen (secondary N) is 2. The lowest BCUT2D eigenvalue weighted by Crippen LogP contribution is -2.38. The standard InChI is InChI=1S/C12H18N2OS/c1-9(11-3-2-8-16-11)14-12(15)10-4-6-13-7-5-10/h2-3,8-10,13H,4-7H2,1H3,(H,14,15)/t9-/m0/s1. The first-order valence-corrected chi connectivity index (χ1v) is 6.70. The quantitative estimate of drug-likeness (QED) is 0.845. The summed E-state index contributed by atoms with van der Waals surface area (Å²) < 4.78 is 0. The Labute approximate surface area is 100 Å². The van der Waals surface area contributed by atoms with E-state index in [-0.39, 0.29) is 17.9 Å². The average Bonchev–Trinajstić information content (AvgIpc) is 2.83. The van der Waals surface area contributed by atoms with E-state index >= 15 is 0 Å². The van der Waals surface area contributed by atoms with Crippen molar-refractivity contribution >= 4 is 17.2 Å². The number of hydrogen-bond acceptors (Lipinski definition) is 3. The van der Waals surface area contributed by atoms with Crippen molar-refractivity contribution in [2.45, 2.75) is 25.8 Å². The highest BCUT2D eigenvalue weighted by molar-refractivity contribution is 7.10. The number of thiophene rings is 1. The maximum atomic E-state index is 12.0. The first-order chi connectivity index (χ1) is 7.77. The molecule has 0 aliphatic carbocycles. The number of carbonyl (C=O) groups is 1. The molecule has 1 aromatic heterocycles. The van der Waals surface area contributed by atoms with Gasteiger partial charge in [-0.25, -0.2) is 0 Å². The Morgan fingerprint density at radius 1 is 1.56 bits per heavy atom. The van der Waals surface area contributed by atoms with E-state index in [1.54, 1.807) is 11.3 Å². The first kappa shape index (κ1) is 11.6. The van der Waals surface area contributed by atoms with Gasteiger partial charge in [0.15, 0.2) is 0 Å². The summed E-state index contributed by atoms with van der Waals surface area (Å²) in [5.74, 6) is 0.408. The van der Waals surface area contributed by atoms with Crippen molar-refractivity contribution in [3.8, 4) is 0 Å². The summed E-state index contributed by atoms with van der Waals surface area (Å²) in [6.45, 7) is 3.97. The lowest BCUT2D eigenvalue weighted by Gasteiger charge is -2.23. The molecule has 1 aromatic rings. The molecule has 88 valence electrons. The van der Waals surface area contributed by atoms with Gasteiger partial charge in [0.1, 0.15) is 0 Å². The van der Waals surface area contributed by atoms with Crippen molar-refractivity contribution in [2.75, 3.05) is 13.1 Å². The molecule has 1 saturated heterocycles. The van der Waals surface area contributed by atoms with Crippen LogP contribution in [0.15, 0.2) is 17.5 Å². The van der Waals surface area contributed by atoms with Gasteiger partial charge in [-0.3, -0.25) is 4.79 Å². The van der Waals surface area contributed by atoms with Gasteiger partial charge in [0.2, 0.25) is 5.91 Å². The summed E-state index contributed by atoms with van der Waals surface area (Å²) in [6.07, 6.45) is 1.92. The Bertz CT molecular complexity index is 331. The van der Waals surface area contributed by atoms with Gasteiger partial charge < -0.3 is 10.6 Å². The molecular weight excluding hydrogens is 220 g/mol. The van der Waals surface area contributed by atoms with E-state index in [2.05, 4.69) is 16.7 Å². The third kappa shape index (κ3) is 2.83. The monoisotopic (exact) mass is 238 g/mol. The van der Waals surface area contributed by atoms with Gasteiger partial charge in [-0.1, -0.05) is 6.07 Å². The van der Waals surface area contributed by atoms with Gasteiger partial charge in [0.05, 0.1) is 6.04 Å². The fraction of sp³-hybridized carbons (Fsp3) is 0.583. The lowest BCUT2D eigenvalue weighted by molar-refractivity contribution is -0.126. The van der Waals surface area contributed by atoms with Crippen molar-refractivity contribution in [3.63, 3.8) is 0 Å². The Morgan fingerprint density at radius 2 is 2.31 bits per heavy atom. The molecule has 0 aromatic carbocycles. The summed E-state index contributed by atoms with van der Waals surface area (Å²) >= 11 is 1.69. The number of hydrogen-bond donors (Lipinski definition) is 2. The molecule has 1 aliphatic rings. The number of amides is 1. The van der Waals surface area contributed by atoms with Crippen LogP contribution in [-0.2, 0) is 4.79 Å². The van der Waals surface area contributed by atoms with E-state index < -0.39 is 0 Å². The molecule has 1 amide bonds. The molecule has 3 nitrogen and oxygen atoms in total. The number of rotatable bonds is 3. The minimum atomic E-state index is 0.141. The van der Waals surface area contributed by atoms with Gasteiger partial charge in [-0.15, -0.1) is 11.3 Å². The molecule has 4 heteroatoms. The zero-order valence-corrected chi connectivity index (χ0v) is 10.3. The van der Waals surface area contributed by atoms with E-state index in [9.17, 15) is 4.79 Å².